The second-order valence-electron chi connectivity index (χ2n) is 7.18. The van der Waals surface area contributed by atoms with Gasteiger partial charge in [-0.1, -0.05) is 29.8 Å². The molecule has 1 aromatic heterocycles. The number of hydrogen-bond acceptors (Lipinski definition) is 4. The second-order valence-corrected chi connectivity index (χ2v) is 7.59. The van der Waals surface area contributed by atoms with E-state index in [0.29, 0.717) is 0 Å². The van der Waals surface area contributed by atoms with Crippen molar-refractivity contribution in [3.8, 4) is 0 Å². The maximum atomic E-state index is 6.36. The van der Waals surface area contributed by atoms with Gasteiger partial charge in [0.15, 0.2) is 5.96 Å². The first-order chi connectivity index (χ1) is 14.2. The number of aliphatic imine (C=N–C) groups is 1. The van der Waals surface area contributed by atoms with Crippen LogP contribution in [0.2, 0.25) is 5.02 Å². The molecular weight excluding hydrogens is 388 g/mol. The zero-order chi connectivity index (χ0) is 20.3. The van der Waals surface area contributed by atoms with Crippen LogP contribution in [-0.2, 0) is 11.2 Å². The van der Waals surface area contributed by atoms with E-state index in [2.05, 4.69) is 22.5 Å². The van der Waals surface area contributed by atoms with Gasteiger partial charge in [0.05, 0.1) is 25.5 Å². The number of furan rings is 1. The van der Waals surface area contributed by atoms with Crippen molar-refractivity contribution in [3.05, 3.63) is 59.0 Å². The Kier molecular flexibility index (Phi) is 8.86. The minimum atomic E-state index is 0.0535. The summed E-state index contributed by atoms with van der Waals surface area (Å²) in [6, 6.07) is 11.9. The van der Waals surface area contributed by atoms with Crippen molar-refractivity contribution < 1.29 is 9.15 Å². The predicted octanol–water partition coefficient (Wildman–Crippen LogP) is 3.49. The van der Waals surface area contributed by atoms with E-state index in [1.807, 2.05) is 36.4 Å². The summed E-state index contributed by atoms with van der Waals surface area (Å²) in [5.74, 6) is 1.76. The summed E-state index contributed by atoms with van der Waals surface area (Å²) in [5, 5.41) is 7.66. The van der Waals surface area contributed by atoms with Crippen molar-refractivity contribution in [2.45, 2.75) is 25.8 Å². The van der Waals surface area contributed by atoms with Crippen LogP contribution in [0.4, 0.5) is 0 Å². The Labute approximate surface area is 178 Å². The molecular formula is C22H31ClN4O2. The zero-order valence-electron chi connectivity index (χ0n) is 17.1. The quantitative estimate of drug-likeness (QED) is 0.371. The number of morpholine rings is 1. The molecule has 0 radical (unpaired) electrons. The van der Waals surface area contributed by atoms with Gasteiger partial charge in [0.25, 0.3) is 0 Å². The van der Waals surface area contributed by atoms with Crippen molar-refractivity contribution in [2.24, 2.45) is 4.99 Å². The van der Waals surface area contributed by atoms with Crippen LogP contribution in [0.25, 0.3) is 0 Å². The maximum absolute atomic E-state index is 6.36. The third-order valence-corrected chi connectivity index (χ3v) is 5.32. The lowest BCUT2D eigenvalue weighted by Crippen LogP contribution is -2.40. The number of nitrogens with zero attached hydrogens (tertiary/aromatic N) is 2. The minimum Gasteiger partial charge on any atom is -0.469 e. The lowest BCUT2D eigenvalue weighted by atomic mass is 10.1. The van der Waals surface area contributed by atoms with Gasteiger partial charge in [0.1, 0.15) is 5.76 Å². The molecule has 1 aliphatic heterocycles. The summed E-state index contributed by atoms with van der Waals surface area (Å²) in [6.07, 6.45) is 3.53. The van der Waals surface area contributed by atoms with Crippen LogP contribution in [0, 0.1) is 0 Å². The van der Waals surface area contributed by atoms with Crippen LogP contribution >= 0.6 is 11.6 Å². The monoisotopic (exact) mass is 418 g/mol. The van der Waals surface area contributed by atoms with Crippen LogP contribution in [0.5, 0.6) is 0 Å². The molecule has 0 bridgehead atoms. The lowest BCUT2D eigenvalue weighted by molar-refractivity contribution is 0.0377. The van der Waals surface area contributed by atoms with Gasteiger partial charge in [0.2, 0.25) is 0 Å². The Morgan fingerprint density at radius 1 is 1.21 bits per heavy atom. The molecule has 2 heterocycles. The smallest absolute Gasteiger partial charge is 0.191 e. The minimum absolute atomic E-state index is 0.0535. The standard InChI is InChI=1S/C22H31ClN4O2/c1-18(20-7-2-3-8-21(20)23)26-22(25-11-9-19-6-4-15-29-19)24-10-5-12-27-13-16-28-17-14-27/h2-4,6-8,15,18H,5,9-14,16-17H2,1H3,(H2,24,25,26). The maximum Gasteiger partial charge on any atom is 0.191 e. The Bertz CT molecular complexity index is 745. The van der Waals surface area contributed by atoms with E-state index >= 15 is 0 Å². The van der Waals surface area contributed by atoms with Crippen molar-refractivity contribution >= 4 is 17.6 Å². The summed E-state index contributed by atoms with van der Waals surface area (Å²) < 4.78 is 10.8. The highest BCUT2D eigenvalue weighted by Crippen LogP contribution is 2.21. The first-order valence-corrected chi connectivity index (χ1v) is 10.7. The number of rotatable bonds is 9. The molecule has 1 saturated heterocycles. The van der Waals surface area contributed by atoms with Crippen LogP contribution in [0.1, 0.15) is 30.7 Å². The molecule has 0 amide bonds. The van der Waals surface area contributed by atoms with Gasteiger partial charge in [-0.2, -0.15) is 0 Å². The Morgan fingerprint density at radius 3 is 2.79 bits per heavy atom. The Morgan fingerprint density at radius 2 is 2.03 bits per heavy atom. The fourth-order valence-electron chi connectivity index (χ4n) is 3.33. The van der Waals surface area contributed by atoms with E-state index in [1.54, 1.807) is 6.26 Å². The number of hydrogen-bond donors (Lipinski definition) is 2. The topological polar surface area (TPSA) is 62.0 Å². The van der Waals surface area contributed by atoms with Gasteiger partial charge in [-0.15, -0.1) is 0 Å². The van der Waals surface area contributed by atoms with Crippen LogP contribution in [0.15, 0.2) is 52.1 Å². The molecule has 6 nitrogen and oxygen atoms in total. The van der Waals surface area contributed by atoms with Crippen molar-refractivity contribution in [3.63, 3.8) is 0 Å². The van der Waals surface area contributed by atoms with Crippen LogP contribution < -0.4 is 10.6 Å². The van der Waals surface area contributed by atoms with Gasteiger partial charge in [-0.3, -0.25) is 9.89 Å². The van der Waals surface area contributed by atoms with E-state index in [1.165, 1.54) is 0 Å². The summed E-state index contributed by atoms with van der Waals surface area (Å²) in [7, 11) is 0. The number of halogens is 1. The molecule has 1 fully saturated rings. The number of ether oxygens (including phenoxy) is 1. The summed E-state index contributed by atoms with van der Waals surface area (Å²) in [6.45, 7) is 8.35. The predicted molar refractivity (Wildman–Crippen MR) is 118 cm³/mol. The van der Waals surface area contributed by atoms with E-state index < -0.39 is 0 Å². The van der Waals surface area contributed by atoms with Crippen LogP contribution in [0.3, 0.4) is 0 Å². The average molecular weight is 419 g/mol. The van der Waals surface area contributed by atoms with E-state index in [0.717, 1.165) is 81.1 Å². The first kappa shape index (κ1) is 21.7. The molecule has 1 atom stereocenters. The van der Waals surface area contributed by atoms with Gasteiger partial charge in [-0.25, -0.2) is 0 Å². The van der Waals surface area contributed by atoms with Crippen molar-refractivity contribution in [1.29, 1.82) is 0 Å². The highest BCUT2D eigenvalue weighted by atomic mass is 35.5. The third kappa shape index (κ3) is 7.38. The molecule has 1 aliphatic rings. The third-order valence-electron chi connectivity index (χ3n) is 4.97. The molecule has 7 heteroatoms. The molecule has 29 heavy (non-hydrogen) atoms. The van der Waals surface area contributed by atoms with E-state index in [4.69, 9.17) is 25.7 Å². The largest absolute Gasteiger partial charge is 0.469 e. The zero-order valence-corrected chi connectivity index (χ0v) is 17.8. The number of nitrogens with one attached hydrogen (secondary N) is 2. The Balaban J connectivity index is 1.53. The SMILES string of the molecule is CC(NC(=NCCCN1CCOCC1)NCCc1ccco1)c1ccccc1Cl. The van der Waals surface area contributed by atoms with Gasteiger partial charge in [-0.05, 0) is 37.1 Å². The van der Waals surface area contributed by atoms with Gasteiger partial charge >= 0.3 is 0 Å². The van der Waals surface area contributed by atoms with Gasteiger partial charge < -0.3 is 19.8 Å². The van der Waals surface area contributed by atoms with Gasteiger partial charge in [0, 0.05) is 44.2 Å². The second kappa shape index (κ2) is 11.9. The molecule has 0 spiro atoms. The normalized spacial score (nSPS) is 16.6. The lowest BCUT2D eigenvalue weighted by Gasteiger charge is -2.26. The molecule has 158 valence electrons. The number of guanidine groups is 1. The summed E-state index contributed by atoms with van der Waals surface area (Å²) in [4.78, 5) is 7.22. The molecule has 3 rings (SSSR count). The fraction of sp³-hybridized carbons (Fsp3) is 0.500. The molecule has 0 aliphatic carbocycles. The number of benzene rings is 1. The molecule has 2 aromatic rings. The fourth-order valence-corrected chi connectivity index (χ4v) is 3.63. The highest BCUT2D eigenvalue weighted by Gasteiger charge is 2.12. The summed E-state index contributed by atoms with van der Waals surface area (Å²) >= 11 is 6.36. The summed E-state index contributed by atoms with van der Waals surface area (Å²) in [5.41, 5.74) is 1.06. The Hall–Kier alpha value is -2.02. The van der Waals surface area contributed by atoms with Crippen molar-refractivity contribution in [1.82, 2.24) is 15.5 Å². The van der Waals surface area contributed by atoms with E-state index in [9.17, 15) is 0 Å². The average Bonchev–Trinajstić information content (AvgIpc) is 3.25. The van der Waals surface area contributed by atoms with Crippen molar-refractivity contribution in [2.75, 3.05) is 45.9 Å². The highest BCUT2D eigenvalue weighted by molar-refractivity contribution is 6.31. The van der Waals surface area contributed by atoms with Crippen LogP contribution in [-0.4, -0.2) is 56.8 Å². The van der Waals surface area contributed by atoms with E-state index in [-0.39, 0.29) is 6.04 Å². The molecule has 2 N–H and O–H groups in total. The molecule has 0 saturated carbocycles. The first-order valence-electron chi connectivity index (χ1n) is 10.3. The molecule has 1 aromatic carbocycles. The molecule has 1 unspecified atom stereocenters.